The second kappa shape index (κ2) is 6.67. The standard InChI is InChI=1S/C18H12Cl2O4/c1-10(21)9-23-11-5-6-12-16(7-11)24-17(18(12)22)8-13-14(19)3-2-4-15(13)20/h2-8H,9H2,1H3/b17-8-. The van der Waals surface area contributed by atoms with Crippen LogP contribution in [0.4, 0.5) is 0 Å². The van der Waals surface area contributed by atoms with Crippen LogP contribution in [0.2, 0.25) is 10.0 Å². The van der Waals surface area contributed by atoms with Crippen LogP contribution in [0.5, 0.6) is 11.5 Å². The molecule has 2 aromatic carbocycles. The summed E-state index contributed by atoms with van der Waals surface area (Å²) >= 11 is 12.2. The van der Waals surface area contributed by atoms with Crippen LogP contribution in [0.25, 0.3) is 6.08 Å². The van der Waals surface area contributed by atoms with Crippen molar-refractivity contribution in [3.63, 3.8) is 0 Å². The zero-order valence-electron chi connectivity index (χ0n) is 12.6. The van der Waals surface area contributed by atoms with E-state index in [1.165, 1.54) is 13.0 Å². The van der Waals surface area contributed by atoms with Gasteiger partial charge >= 0.3 is 0 Å². The molecule has 1 aliphatic rings. The molecular formula is C18H12Cl2O4. The van der Waals surface area contributed by atoms with E-state index in [4.69, 9.17) is 32.7 Å². The Morgan fingerprint density at radius 2 is 1.92 bits per heavy atom. The summed E-state index contributed by atoms with van der Waals surface area (Å²) in [5, 5.41) is 0.848. The van der Waals surface area contributed by atoms with Crippen molar-refractivity contribution in [2.45, 2.75) is 6.92 Å². The molecule has 0 saturated carbocycles. The smallest absolute Gasteiger partial charge is 0.231 e. The van der Waals surface area contributed by atoms with Gasteiger partial charge in [-0.1, -0.05) is 29.3 Å². The van der Waals surface area contributed by atoms with E-state index in [9.17, 15) is 9.59 Å². The zero-order valence-corrected chi connectivity index (χ0v) is 14.1. The van der Waals surface area contributed by atoms with Crippen molar-refractivity contribution < 1.29 is 19.1 Å². The van der Waals surface area contributed by atoms with Gasteiger partial charge in [0.15, 0.2) is 11.5 Å². The van der Waals surface area contributed by atoms with Crippen LogP contribution in [0.15, 0.2) is 42.2 Å². The molecule has 2 aromatic rings. The first-order valence-corrected chi connectivity index (χ1v) is 7.86. The first-order chi connectivity index (χ1) is 11.5. The minimum absolute atomic E-state index is 0.0370. The van der Waals surface area contributed by atoms with Gasteiger partial charge in [-0.3, -0.25) is 9.59 Å². The number of allylic oxidation sites excluding steroid dienone is 1. The molecule has 0 atom stereocenters. The largest absolute Gasteiger partial charge is 0.486 e. The number of ketones is 2. The summed E-state index contributed by atoms with van der Waals surface area (Å²) in [5.74, 6) is 0.591. The average Bonchev–Trinajstić information content (AvgIpc) is 2.85. The molecule has 0 bridgehead atoms. The lowest BCUT2D eigenvalue weighted by Crippen LogP contribution is -2.06. The molecular weight excluding hydrogens is 351 g/mol. The molecule has 0 N–H and O–H groups in total. The molecule has 0 fully saturated rings. The van der Waals surface area contributed by atoms with Crippen LogP contribution in [-0.2, 0) is 4.79 Å². The molecule has 0 spiro atoms. The van der Waals surface area contributed by atoms with E-state index in [0.717, 1.165) is 0 Å². The maximum absolute atomic E-state index is 12.4. The third-order valence-electron chi connectivity index (χ3n) is 3.36. The van der Waals surface area contributed by atoms with E-state index in [1.807, 2.05) is 0 Å². The number of carbonyl (C=O) groups is 2. The van der Waals surface area contributed by atoms with Crippen LogP contribution < -0.4 is 9.47 Å². The first-order valence-electron chi connectivity index (χ1n) is 7.10. The third kappa shape index (κ3) is 3.30. The quantitative estimate of drug-likeness (QED) is 0.747. The van der Waals surface area contributed by atoms with Crippen molar-refractivity contribution in [1.29, 1.82) is 0 Å². The maximum Gasteiger partial charge on any atom is 0.231 e. The number of benzene rings is 2. The Kier molecular flexibility index (Phi) is 4.60. The fourth-order valence-electron chi connectivity index (χ4n) is 2.22. The molecule has 0 unspecified atom stereocenters. The van der Waals surface area contributed by atoms with Gasteiger partial charge < -0.3 is 9.47 Å². The molecule has 24 heavy (non-hydrogen) atoms. The highest BCUT2D eigenvalue weighted by Gasteiger charge is 2.28. The van der Waals surface area contributed by atoms with E-state index < -0.39 is 0 Å². The van der Waals surface area contributed by atoms with E-state index in [-0.39, 0.29) is 23.9 Å². The normalized spacial score (nSPS) is 14.5. The van der Waals surface area contributed by atoms with Gasteiger partial charge in [-0.05, 0) is 37.3 Å². The molecule has 1 heterocycles. The Bertz CT molecular complexity index is 851. The number of Topliss-reactive ketones (excluding diaryl/α,β-unsaturated/α-hetero) is 2. The summed E-state index contributed by atoms with van der Waals surface area (Å²) in [6, 6.07) is 9.87. The van der Waals surface area contributed by atoms with Gasteiger partial charge in [0.1, 0.15) is 18.1 Å². The van der Waals surface area contributed by atoms with E-state index in [2.05, 4.69) is 0 Å². The average molecular weight is 363 g/mol. The highest BCUT2D eigenvalue weighted by atomic mass is 35.5. The van der Waals surface area contributed by atoms with Gasteiger partial charge in [-0.25, -0.2) is 0 Å². The summed E-state index contributed by atoms with van der Waals surface area (Å²) in [6.07, 6.45) is 1.52. The van der Waals surface area contributed by atoms with Crippen LogP contribution in [-0.4, -0.2) is 18.2 Å². The summed E-state index contributed by atoms with van der Waals surface area (Å²) in [4.78, 5) is 23.4. The van der Waals surface area contributed by atoms with Crippen LogP contribution in [0.1, 0.15) is 22.8 Å². The Hall–Kier alpha value is -2.30. The first kappa shape index (κ1) is 16.6. The van der Waals surface area contributed by atoms with Crippen molar-refractivity contribution in [3.8, 4) is 11.5 Å². The third-order valence-corrected chi connectivity index (χ3v) is 4.02. The Morgan fingerprint density at radius 3 is 2.58 bits per heavy atom. The second-order valence-corrected chi connectivity index (χ2v) is 6.04. The fraction of sp³-hybridized carbons (Fsp3) is 0.111. The highest BCUT2D eigenvalue weighted by Crippen LogP contribution is 2.36. The summed E-state index contributed by atoms with van der Waals surface area (Å²) < 4.78 is 10.9. The van der Waals surface area contributed by atoms with Gasteiger partial charge in [-0.15, -0.1) is 0 Å². The van der Waals surface area contributed by atoms with Gasteiger partial charge in [0.05, 0.1) is 5.56 Å². The minimum Gasteiger partial charge on any atom is -0.486 e. The van der Waals surface area contributed by atoms with Crippen molar-refractivity contribution in [1.82, 2.24) is 0 Å². The van der Waals surface area contributed by atoms with Gasteiger partial charge in [-0.2, -0.15) is 0 Å². The highest BCUT2D eigenvalue weighted by molar-refractivity contribution is 6.37. The predicted molar refractivity (Wildman–Crippen MR) is 92.0 cm³/mol. The van der Waals surface area contributed by atoms with Gasteiger partial charge in [0.2, 0.25) is 5.78 Å². The summed E-state index contributed by atoms with van der Waals surface area (Å²) in [6.45, 7) is 1.40. The number of fused-ring (bicyclic) bond motifs is 1. The van der Waals surface area contributed by atoms with Crippen molar-refractivity contribution >= 4 is 40.8 Å². The molecule has 6 heteroatoms. The number of ether oxygens (including phenoxy) is 2. The van der Waals surface area contributed by atoms with Gasteiger partial charge in [0.25, 0.3) is 0 Å². The zero-order chi connectivity index (χ0) is 17.3. The summed E-state index contributed by atoms with van der Waals surface area (Å²) in [7, 11) is 0. The number of rotatable bonds is 4. The fourth-order valence-corrected chi connectivity index (χ4v) is 2.73. The molecule has 0 aliphatic carbocycles. The van der Waals surface area contributed by atoms with Crippen LogP contribution in [0, 0.1) is 0 Å². The summed E-state index contributed by atoms with van der Waals surface area (Å²) in [5.41, 5.74) is 0.935. The molecule has 122 valence electrons. The molecule has 0 radical (unpaired) electrons. The van der Waals surface area contributed by atoms with E-state index in [0.29, 0.717) is 32.7 Å². The molecule has 1 aliphatic heterocycles. The molecule has 3 rings (SSSR count). The topological polar surface area (TPSA) is 52.6 Å². The van der Waals surface area contributed by atoms with Crippen molar-refractivity contribution in [3.05, 3.63) is 63.3 Å². The Balaban J connectivity index is 1.90. The predicted octanol–water partition coefficient (Wildman–Crippen LogP) is 4.58. The monoisotopic (exact) mass is 362 g/mol. The lowest BCUT2D eigenvalue weighted by atomic mass is 10.1. The lowest BCUT2D eigenvalue weighted by Gasteiger charge is -2.05. The van der Waals surface area contributed by atoms with Gasteiger partial charge in [0, 0.05) is 21.7 Å². The van der Waals surface area contributed by atoms with Crippen molar-refractivity contribution in [2.24, 2.45) is 0 Å². The number of carbonyl (C=O) groups excluding carboxylic acids is 2. The minimum atomic E-state index is -0.265. The molecule has 0 amide bonds. The van der Waals surface area contributed by atoms with Crippen LogP contribution in [0.3, 0.4) is 0 Å². The Labute approximate surface area is 148 Å². The maximum atomic E-state index is 12.4. The molecule has 0 saturated heterocycles. The number of halogens is 2. The van der Waals surface area contributed by atoms with Crippen molar-refractivity contribution in [2.75, 3.05) is 6.61 Å². The second-order valence-electron chi connectivity index (χ2n) is 5.22. The van der Waals surface area contributed by atoms with E-state index >= 15 is 0 Å². The van der Waals surface area contributed by atoms with Crippen LogP contribution >= 0.6 is 23.2 Å². The van der Waals surface area contributed by atoms with E-state index in [1.54, 1.807) is 36.4 Å². The number of hydrogen-bond acceptors (Lipinski definition) is 4. The number of hydrogen-bond donors (Lipinski definition) is 0. The lowest BCUT2D eigenvalue weighted by molar-refractivity contribution is -0.118. The molecule has 4 nitrogen and oxygen atoms in total. The molecule has 0 aromatic heterocycles. The Morgan fingerprint density at radius 1 is 1.21 bits per heavy atom. The SMILES string of the molecule is CC(=O)COc1ccc2c(c1)O/C(=C\c1c(Cl)cccc1Cl)C2=O.